The van der Waals surface area contributed by atoms with Crippen molar-refractivity contribution in [3.63, 3.8) is 0 Å². The molecule has 20 heavy (non-hydrogen) atoms. The summed E-state index contributed by atoms with van der Waals surface area (Å²) < 4.78 is 72.4. The Hall–Kier alpha value is -1.48. The molecule has 118 valence electrons. The van der Waals surface area contributed by atoms with Gasteiger partial charge in [-0.25, -0.2) is 0 Å². The highest BCUT2D eigenvalue weighted by molar-refractivity contribution is 5.85. The lowest BCUT2D eigenvalue weighted by atomic mass is 9.84. The van der Waals surface area contributed by atoms with Gasteiger partial charge in [-0.3, -0.25) is 9.59 Å². The summed E-state index contributed by atoms with van der Waals surface area (Å²) in [5.41, 5.74) is 9.70. The molecule has 0 fully saturated rings. The molecule has 0 rings (SSSR count). The number of hydrogen-bond acceptors (Lipinski definition) is 2. The lowest BCUT2D eigenvalue weighted by Crippen LogP contribution is -2.39. The monoisotopic (exact) mass is 308 g/mol. The van der Waals surface area contributed by atoms with Crippen LogP contribution in [-0.2, 0) is 9.59 Å². The fourth-order valence-electron chi connectivity index (χ4n) is 1.72. The van der Waals surface area contributed by atoms with Crippen molar-refractivity contribution >= 4 is 11.8 Å². The van der Waals surface area contributed by atoms with Gasteiger partial charge in [0.15, 0.2) is 0 Å². The molecule has 0 aromatic carbocycles. The zero-order valence-corrected chi connectivity index (χ0v) is 10.2. The molecule has 0 aliphatic carbocycles. The van der Waals surface area contributed by atoms with Crippen molar-refractivity contribution < 1.29 is 35.9 Å². The molecular weight excluding hydrogens is 294 g/mol. The molecule has 0 spiro atoms. The summed E-state index contributed by atoms with van der Waals surface area (Å²) >= 11 is 0. The van der Waals surface area contributed by atoms with E-state index >= 15 is 0 Å². The predicted molar refractivity (Wildman–Crippen MR) is 55.9 cm³/mol. The quantitative estimate of drug-likeness (QED) is 0.703. The number of alkyl halides is 6. The smallest absolute Gasteiger partial charge is 0.369 e. The second-order valence-corrected chi connectivity index (χ2v) is 4.33. The normalized spacial score (nSPS) is 15.7. The van der Waals surface area contributed by atoms with E-state index in [-0.39, 0.29) is 0 Å². The van der Waals surface area contributed by atoms with Gasteiger partial charge in [-0.05, 0) is 12.8 Å². The summed E-state index contributed by atoms with van der Waals surface area (Å²) in [5, 5.41) is 0. The van der Waals surface area contributed by atoms with E-state index < -0.39 is 61.7 Å². The first-order chi connectivity index (χ1) is 8.83. The molecule has 10 heteroatoms. The SMILES string of the molecule is NC(=O)C(CCC(F)(F)F)C(CCC(F)(F)F)C(N)=O. The first-order valence-corrected chi connectivity index (χ1v) is 5.55. The molecule has 2 amide bonds. The second-order valence-electron chi connectivity index (χ2n) is 4.33. The van der Waals surface area contributed by atoms with Crippen molar-refractivity contribution in [2.45, 2.75) is 38.0 Å². The molecule has 4 N–H and O–H groups in total. The molecule has 0 heterocycles. The van der Waals surface area contributed by atoms with E-state index in [1.54, 1.807) is 0 Å². The van der Waals surface area contributed by atoms with Crippen molar-refractivity contribution in [2.75, 3.05) is 0 Å². The van der Waals surface area contributed by atoms with Crippen LogP contribution in [-0.4, -0.2) is 24.2 Å². The van der Waals surface area contributed by atoms with E-state index in [2.05, 4.69) is 0 Å². The molecule has 0 saturated carbocycles. The Bertz CT molecular complexity index is 319. The number of hydrogen-bond donors (Lipinski definition) is 2. The Morgan fingerprint density at radius 3 is 1.15 bits per heavy atom. The van der Waals surface area contributed by atoms with Crippen LogP contribution in [0.3, 0.4) is 0 Å². The van der Waals surface area contributed by atoms with E-state index in [9.17, 15) is 35.9 Å². The van der Waals surface area contributed by atoms with Crippen LogP contribution in [0.1, 0.15) is 25.7 Å². The number of nitrogens with two attached hydrogens (primary N) is 2. The Kier molecular flexibility index (Phi) is 6.30. The highest BCUT2D eigenvalue weighted by Gasteiger charge is 2.38. The minimum atomic E-state index is -4.61. The minimum Gasteiger partial charge on any atom is -0.369 e. The maximum absolute atomic E-state index is 12.1. The Balaban J connectivity index is 4.88. The van der Waals surface area contributed by atoms with Crippen LogP contribution in [0.25, 0.3) is 0 Å². The van der Waals surface area contributed by atoms with Crippen molar-refractivity contribution in [2.24, 2.45) is 23.3 Å². The van der Waals surface area contributed by atoms with Crippen LogP contribution < -0.4 is 11.5 Å². The van der Waals surface area contributed by atoms with Gasteiger partial charge in [0.2, 0.25) is 11.8 Å². The average molecular weight is 308 g/mol. The average Bonchev–Trinajstić information content (AvgIpc) is 2.18. The van der Waals surface area contributed by atoms with Crippen LogP contribution in [0.2, 0.25) is 0 Å². The Morgan fingerprint density at radius 1 is 0.750 bits per heavy atom. The third kappa shape index (κ3) is 7.85. The molecule has 4 nitrogen and oxygen atoms in total. The fraction of sp³-hybridized carbons (Fsp3) is 0.800. The Labute approximate surface area is 110 Å². The van der Waals surface area contributed by atoms with Crippen molar-refractivity contribution in [3.05, 3.63) is 0 Å². The van der Waals surface area contributed by atoms with Gasteiger partial charge >= 0.3 is 12.4 Å². The van der Waals surface area contributed by atoms with Crippen molar-refractivity contribution in [3.8, 4) is 0 Å². The lowest BCUT2D eigenvalue weighted by Gasteiger charge is -2.23. The summed E-state index contributed by atoms with van der Waals surface area (Å²) in [7, 11) is 0. The van der Waals surface area contributed by atoms with Gasteiger partial charge in [0.25, 0.3) is 0 Å². The molecule has 0 bridgehead atoms. The lowest BCUT2D eigenvalue weighted by molar-refractivity contribution is -0.151. The summed E-state index contributed by atoms with van der Waals surface area (Å²) in [5.74, 6) is -5.90. The second kappa shape index (κ2) is 6.80. The van der Waals surface area contributed by atoms with Gasteiger partial charge in [-0.15, -0.1) is 0 Å². The highest BCUT2D eigenvalue weighted by Crippen LogP contribution is 2.32. The Morgan fingerprint density at radius 2 is 1.00 bits per heavy atom. The van der Waals surface area contributed by atoms with Crippen LogP contribution >= 0.6 is 0 Å². The van der Waals surface area contributed by atoms with Gasteiger partial charge in [0.05, 0.1) is 0 Å². The molecular formula is C10H14F6N2O2. The topological polar surface area (TPSA) is 86.2 Å². The molecule has 0 saturated heterocycles. The summed E-state index contributed by atoms with van der Waals surface area (Å²) in [4.78, 5) is 22.1. The van der Waals surface area contributed by atoms with Crippen LogP contribution in [0.5, 0.6) is 0 Å². The molecule has 2 atom stereocenters. The molecule has 0 radical (unpaired) electrons. The third-order valence-corrected chi connectivity index (χ3v) is 2.69. The number of carbonyl (C=O) groups excluding carboxylic acids is 2. The number of carbonyl (C=O) groups is 2. The maximum atomic E-state index is 12.1. The van der Waals surface area contributed by atoms with E-state index in [4.69, 9.17) is 11.5 Å². The van der Waals surface area contributed by atoms with Crippen LogP contribution in [0.15, 0.2) is 0 Å². The zero-order chi connectivity index (χ0) is 16.1. The third-order valence-electron chi connectivity index (χ3n) is 2.69. The molecule has 0 aliphatic heterocycles. The van der Waals surface area contributed by atoms with E-state index in [0.717, 1.165) is 0 Å². The van der Waals surface area contributed by atoms with Gasteiger partial charge in [-0.1, -0.05) is 0 Å². The largest absolute Gasteiger partial charge is 0.389 e. The van der Waals surface area contributed by atoms with E-state index in [0.29, 0.717) is 0 Å². The molecule has 0 aromatic heterocycles. The summed E-state index contributed by atoms with van der Waals surface area (Å²) in [6.45, 7) is 0. The fourth-order valence-corrected chi connectivity index (χ4v) is 1.72. The summed E-state index contributed by atoms with van der Waals surface area (Å²) in [6.07, 6.45) is -13.8. The van der Waals surface area contributed by atoms with Crippen LogP contribution in [0.4, 0.5) is 26.3 Å². The van der Waals surface area contributed by atoms with E-state index in [1.165, 1.54) is 0 Å². The number of primary amides is 2. The number of rotatable bonds is 7. The standard InChI is InChI=1S/C10H14F6N2O2/c11-9(12,13)3-1-5(7(17)19)6(8(18)20)2-4-10(14,15)16/h5-6H,1-4H2,(H2,17,19)(H2,18,20). The molecule has 0 aromatic rings. The number of amides is 2. The number of halogens is 6. The van der Waals surface area contributed by atoms with Gasteiger partial charge in [0, 0.05) is 24.7 Å². The first-order valence-electron chi connectivity index (χ1n) is 5.55. The maximum Gasteiger partial charge on any atom is 0.389 e. The first kappa shape index (κ1) is 18.5. The predicted octanol–water partition coefficient (Wildman–Crippen LogP) is 1.87. The van der Waals surface area contributed by atoms with Gasteiger partial charge in [-0.2, -0.15) is 26.3 Å². The zero-order valence-electron chi connectivity index (χ0n) is 10.2. The van der Waals surface area contributed by atoms with Gasteiger partial charge in [0.1, 0.15) is 0 Å². The van der Waals surface area contributed by atoms with Crippen molar-refractivity contribution in [1.82, 2.24) is 0 Å². The molecule has 2 unspecified atom stereocenters. The summed E-state index contributed by atoms with van der Waals surface area (Å²) in [6, 6.07) is 0. The highest BCUT2D eigenvalue weighted by atomic mass is 19.4. The minimum absolute atomic E-state index is 0.871. The van der Waals surface area contributed by atoms with Crippen molar-refractivity contribution in [1.29, 1.82) is 0 Å². The molecule has 0 aliphatic rings. The van der Waals surface area contributed by atoms with E-state index in [1.807, 2.05) is 0 Å². The van der Waals surface area contributed by atoms with Gasteiger partial charge < -0.3 is 11.5 Å². The van der Waals surface area contributed by atoms with Crippen LogP contribution in [0, 0.1) is 11.8 Å².